The van der Waals surface area contributed by atoms with Crippen LogP contribution >= 0.6 is 0 Å². The van der Waals surface area contributed by atoms with Crippen LogP contribution in [0.2, 0.25) is 0 Å². The Morgan fingerprint density at radius 2 is 2.17 bits per heavy atom. The number of aliphatic hydroxyl groups is 1. The van der Waals surface area contributed by atoms with Crippen LogP contribution in [0.25, 0.3) is 0 Å². The largest absolute Gasteiger partial charge is 0.393 e. The van der Waals surface area contributed by atoms with E-state index in [1.165, 1.54) is 6.07 Å². The zero-order valence-corrected chi connectivity index (χ0v) is 10.2. The molecule has 0 amide bonds. The molecule has 0 aliphatic heterocycles. The fourth-order valence-corrected chi connectivity index (χ4v) is 2.45. The Labute approximate surface area is 106 Å². The van der Waals surface area contributed by atoms with Gasteiger partial charge in [0.1, 0.15) is 17.4 Å². The summed E-state index contributed by atoms with van der Waals surface area (Å²) in [6.45, 7) is 0.583. The summed E-state index contributed by atoms with van der Waals surface area (Å²) in [6.07, 6.45) is 3.72. The van der Waals surface area contributed by atoms with E-state index in [4.69, 9.17) is 5.26 Å². The number of hydrogen-bond donors (Lipinski definition) is 2. The van der Waals surface area contributed by atoms with Crippen molar-refractivity contribution in [2.45, 2.75) is 31.8 Å². The molecule has 4 heteroatoms. The van der Waals surface area contributed by atoms with Crippen molar-refractivity contribution in [2.24, 2.45) is 5.92 Å². The lowest BCUT2D eigenvalue weighted by atomic mass is 9.86. The number of hydrogen-bond acceptors (Lipinski definition) is 3. The predicted octanol–water partition coefficient (Wildman–Crippen LogP) is 2.66. The smallest absolute Gasteiger partial charge is 0.143 e. The SMILES string of the molecule is N#Cc1c(F)cccc1NCC1CCCCC1O. The Morgan fingerprint density at radius 1 is 1.39 bits per heavy atom. The molecule has 1 aliphatic rings. The van der Waals surface area contributed by atoms with Gasteiger partial charge < -0.3 is 10.4 Å². The van der Waals surface area contributed by atoms with Crippen LogP contribution in [0.1, 0.15) is 31.2 Å². The molecule has 18 heavy (non-hydrogen) atoms. The number of aliphatic hydroxyl groups excluding tert-OH is 1. The van der Waals surface area contributed by atoms with Crippen LogP contribution in [0.5, 0.6) is 0 Å². The molecule has 1 aromatic rings. The molecule has 2 atom stereocenters. The van der Waals surface area contributed by atoms with Gasteiger partial charge in [-0.25, -0.2) is 4.39 Å². The Kier molecular flexibility index (Phi) is 4.16. The predicted molar refractivity (Wildman–Crippen MR) is 67.6 cm³/mol. The minimum atomic E-state index is -0.508. The number of nitriles is 1. The molecule has 96 valence electrons. The first-order valence-electron chi connectivity index (χ1n) is 6.33. The van der Waals surface area contributed by atoms with Gasteiger partial charge in [0, 0.05) is 12.5 Å². The monoisotopic (exact) mass is 248 g/mol. The average Bonchev–Trinajstić information content (AvgIpc) is 2.38. The fourth-order valence-electron chi connectivity index (χ4n) is 2.45. The maximum atomic E-state index is 13.4. The normalized spacial score (nSPS) is 23.4. The van der Waals surface area contributed by atoms with Crippen molar-refractivity contribution in [3.63, 3.8) is 0 Å². The molecule has 0 saturated heterocycles. The van der Waals surface area contributed by atoms with Crippen LogP contribution in [-0.4, -0.2) is 17.8 Å². The highest BCUT2D eigenvalue weighted by Gasteiger charge is 2.23. The summed E-state index contributed by atoms with van der Waals surface area (Å²) in [7, 11) is 0. The van der Waals surface area contributed by atoms with Crippen molar-refractivity contribution >= 4 is 5.69 Å². The van der Waals surface area contributed by atoms with Crippen molar-refractivity contribution in [2.75, 3.05) is 11.9 Å². The molecule has 1 saturated carbocycles. The van der Waals surface area contributed by atoms with E-state index in [1.807, 2.05) is 6.07 Å². The second-order valence-electron chi connectivity index (χ2n) is 4.77. The van der Waals surface area contributed by atoms with E-state index >= 15 is 0 Å². The summed E-state index contributed by atoms with van der Waals surface area (Å²) in [5.41, 5.74) is 0.554. The molecule has 0 heterocycles. The lowest BCUT2D eigenvalue weighted by Gasteiger charge is -2.28. The standard InChI is InChI=1S/C14H17FN2O/c15-12-5-3-6-13(11(12)8-16)17-9-10-4-1-2-7-14(10)18/h3,5-6,10,14,17-18H,1-2,4,7,9H2. The van der Waals surface area contributed by atoms with E-state index in [9.17, 15) is 9.50 Å². The second-order valence-corrected chi connectivity index (χ2v) is 4.77. The van der Waals surface area contributed by atoms with Crippen LogP contribution in [0.3, 0.4) is 0 Å². The van der Waals surface area contributed by atoms with Gasteiger partial charge >= 0.3 is 0 Å². The highest BCUT2D eigenvalue weighted by atomic mass is 19.1. The van der Waals surface area contributed by atoms with Gasteiger partial charge in [0.25, 0.3) is 0 Å². The van der Waals surface area contributed by atoms with Crippen LogP contribution in [-0.2, 0) is 0 Å². The lowest BCUT2D eigenvalue weighted by Crippen LogP contribution is -2.30. The number of nitrogens with zero attached hydrogens (tertiary/aromatic N) is 1. The molecule has 1 aromatic carbocycles. The molecule has 0 aromatic heterocycles. The summed E-state index contributed by atoms with van der Waals surface area (Å²) < 4.78 is 13.4. The Balaban J connectivity index is 2.02. The minimum Gasteiger partial charge on any atom is -0.393 e. The van der Waals surface area contributed by atoms with Gasteiger partial charge in [-0.15, -0.1) is 0 Å². The summed E-state index contributed by atoms with van der Waals surface area (Å²) in [5.74, 6) is -0.319. The first kappa shape index (κ1) is 12.8. The van der Waals surface area contributed by atoms with Gasteiger partial charge in [-0.1, -0.05) is 18.9 Å². The number of benzene rings is 1. The Hall–Kier alpha value is -1.60. The highest BCUT2D eigenvalue weighted by Crippen LogP contribution is 2.25. The highest BCUT2D eigenvalue weighted by molar-refractivity contribution is 5.57. The molecule has 3 nitrogen and oxygen atoms in total. The summed E-state index contributed by atoms with van der Waals surface area (Å²) in [6, 6.07) is 6.41. The molecular weight excluding hydrogens is 231 g/mol. The minimum absolute atomic E-state index is 0.0443. The van der Waals surface area contributed by atoms with Gasteiger partial charge in [-0.2, -0.15) is 5.26 Å². The quantitative estimate of drug-likeness (QED) is 0.864. The maximum Gasteiger partial charge on any atom is 0.143 e. The summed E-state index contributed by atoms with van der Waals surface area (Å²) >= 11 is 0. The molecule has 1 fully saturated rings. The summed E-state index contributed by atoms with van der Waals surface area (Å²) in [4.78, 5) is 0. The van der Waals surface area contributed by atoms with Crippen molar-refractivity contribution in [3.8, 4) is 6.07 Å². The molecule has 2 rings (SSSR count). The zero-order valence-electron chi connectivity index (χ0n) is 10.2. The molecule has 1 aliphatic carbocycles. The molecule has 0 radical (unpaired) electrons. The van der Waals surface area contributed by atoms with Crippen molar-refractivity contribution < 1.29 is 9.50 Å². The Bertz CT molecular complexity index is 456. The average molecular weight is 248 g/mol. The van der Waals surface area contributed by atoms with Crippen LogP contribution < -0.4 is 5.32 Å². The second kappa shape index (κ2) is 5.83. The van der Waals surface area contributed by atoms with E-state index < -0.39 is 5.82 Å². The van der Waals surface area contributed by atoms with Gasteiger partial charge in [0.2, 0.25) is 0 Å². The van der Waals surface area contributed by atoms with Crippen LogP contribution in [0.15, 0.2) is 18.2 Å². The molecule has 0 spiro atoms. The van der Waals surface area contributed by atoms with Crippen LogP contribution in [0, 0.1) is 23.1 Å². The van der Waals surface area contributed by atoms with Gasteiger partial charge in [0.05, 0.1) is 11.8 Å². The van der Waals surface area contributed by atoms with Crippen molar-refractivity contribution in [3.05, 3.63) is 29.6 Å². The maximum absolute atomic E-state index is 13.4. The topological polar surface area (TPSA) is 56.0 Å². The number of nitrogens with one attached hydrogen (secondary N) is 1. The fraction of sp³-hybridized carbons (Fsp3) is 0.500. The third-order valence-electron chi connectivity index (χ3n) is 3.55. The number of rotatable bonds is 3. The third-order valence-corrected chi connectivity index (χ3v) is 3.55. The molecule has 2 N–H and O–H groups in total. The zero-order chi connectivity index (χ0) is 13.0. The van der Waals surface area contributed by atoms with E-state index in [-0.39, 0.29) is 17.6 Å². The van der Waals surface area contributed by atoms with Gasteiger partial charge in [0.15, 0.2) is 0 Å². The molecular formula is C14H17FN2O. The number of anilines is 1. The molecule has 0 bridgehead atoms. The summed E-state index contributed by atoms with van der Waals surface area (Å²) in [5, 5.41) is 21.8. The van der Waals surface area contributed by atoms with E-state index in [0.717, 1.165) is 25.7 Å². The van der Waals surface area contributed by atoms with Gasteiger partial charge in [-0.3, -0.25) is 0 Å². The molecule has 2 unspecified atom stereocenters. The van der Waals surface area contributed by atoms with Crippen LogP contribution in [0.4, 0.5) is 10.1 Å². The Morgan fingerprint density at radius 3 is 2.89 bits per heavy atom. The lowest BCUT2D eigenvalue weighted by molar-refractivity contribution is 0.0763. The number of halogens is 1. The third kappa shape index (κ3) is 2.80. The van der Waals surface area contributed by atoms with E-state index in [2.05, 4.69) is 5.32 Å². The van der Waals surface area contributed by atoms with Crippen molar-refractivity contribution in [1.29, 1.82) is 5.26 Å². The van der Waals surface area contributed by atoms with Gasteiger partial charge in [-0.05, 0) is 25.0 Å². The van der Waals surface area contributed by atoms with Crippen molar-refractivity contribution in [1.82, 2.24) is 0 Å². The van der Waals surface area contributed by atoms with E-state index in [0.29, 0.717) is 12.2 Å². The first-order chi connectivity index (χ1) is 8.72. The van der Waals surface area contributed by atoms with E-state index in [1.54, 1.807) is 12.1 Å². The first-order valence-corrected chi connectivity index (χ1v) is 6.33.